The third kappa shape index (κ3) is 8.23. The second-order valence-electron chi connectivity index (χ2n) is 3.86. The topological polar surface area (TPSA) is 55.1 Å². The number of carbonyl (C=O) groups is 1. The lowest BCUT2D eigenvalue weighted by Crippen LogP contribution is -3.05. The van der Waals surface area contributed by atoms with Crippen molar-refractivity contribution in [1.82, 2.24) is 5.32 Å². The largest absolute Gasteiger partial charge is 0.393 e. The van der Waals surface area contributed by atoms with E-state index in [9.17, 15) is 4.79 Å². The second kappa shape index (κ2) is 9.15. The van der Waals surface area contributed by atoms with Crippen molar-refractivity contribution in [2.45, 2.75) is 26.7 Å². The zero-order chi connectivity index (χ0) is 12.4. The van der Waals surface area contributed by atoms with Crippen LogP contribution in [-0.4, -0.2) is 45.7 Å². The molecule has 5 heteroatoms. The number of aliphatic imine (C=N–C) groups is 1. The predicted molar refractivity (Wildman–Crippen MR) is 64.7 cm³/mol. The highest BCUT2D eigenvalue weighted by Gasteiger charge is 2.04. The van der Waals surface area contributed by atoms with Gasteiger partial charge in [-0.3, -0.25) is 4.79 Å². The highest BCUT2D eigenvalue weighted by atomic mass is 16.6. The molecular weight excluding hydrogens is 206 g/mol. The summed E-state index contributed by atoms with van der Waals surface area (Å²) in [6.07, 6.45) is 1.35. The van der Waals surface area contributed by atoms with Crippen LogP contribution in [0.2, 0.25) is 0 Å². The van der Waals surface area contributed by atoms with Gasteiger partial charge in [-0.1, -0.05) is 6.92 Å². The Labute approximate surface area is 97.9 Å². The summed E-state index contributed by atoms with van der Waals surface area (Å²) in [7, 11) is 4.21. The van der Waals surface area contributed by atoms with Gasteiger partial charge < -0.3 is 15.0 Å². The van der Waals surface area contributed by atoms with Crippen LogP contribution >= 0.6 is 0 Å². The van der Waals surface area contributed by atoms with Gasteiger partial charge in [0.25, 0.3) is 6.02 Å². The van der Waals surface area contributed by atoms with Gasteiger partial charge in [-0.25, -0.2) is 4.99 Å². The van der Waals surface area contributed by atoms with Crippen molar-refractivity contribution >= 4 is 12.0 Å². The van der Waals surface area contributed by atoms with Gasteiger partial charge in [0.15, 0.2) is 0 Å². The highest BCUT2D eigenvalue weighted by Crippen LogP contribution is 1.88. The smallest absolute Gasteiger partial charge is 0.313 e. The lowest BCUT2D eigenvalue weighted by atomic mass is 10.4. The van der Waals surface area contributed by atoms with Gasteiger partial charge in [-0.2, -0.15) is 0 Å². The molecule has 0 unspecified atom stereocenters. The van der Waals surface area contributed by atoms with Gasteiger partial charge in [0, 0.05) is 25.9 Å². The maximum absolute atomic E-state index is 11.1. The Kier molecular flexibility index (Phi) is 8.52. The summed E-state index contributed by atoms with van der Waals surface area (Å²) >= 11 is 0. The van der Waals surface area contributed by atoms with Crippen LogP contribution in [0.5, 0.6) is 0 Å². The number of hydrogen-bond acceptors (Lipinski definition) is 3. The zero-order valence-corrected chi connectivity index (χ0v) is 10.8. The molecule has 0 aromatic rings. The highest BCUT2D eigenvalue weighted by molar-refractivity contribution is 5.87. The molecule has 2 N–H and O–H groups in total. The lowest BCUT2D eigenvalue weighted by molar-refractivity contribution is -0.858. The van der Waals surface area contributed by atoms with Crippen LogP contribution in [0.1, 0.15) is 26.7 Å². The van der Waals surface area contributed by atoms with E-state index in [1.165, 1.54) is 4.90 Å². The second-order valence-corrected chi connectivity index (χ2v) is 3.86. The van der Waals surface area contributed by atoms with E-state index in [4.69, 9.17) is 4.74 Å². The third-order valence-electron chi connectivity index (χ3n) is 1.92. The van der Waals surface area contributed by atoms with Crippen LogP contribution in [0.15, 0.2) is 4.99 Å². The molecule has 0 fully saturated rings. The van der Waals surface area contributed by atoms with Crippen molar-refractivity contribution in [3.05, 3.63) is 0 Å². The molecule has 5 nitrogen and oxygen atoms in total. The van der Waals surface area contributed by atoms with Gasteiger partial charge in [0.2, 0.25) is 0 Å². The summed E-state index contributed by atoms with van der Waals surface area (Å²) in [6.45, 7) is 6.16. The number of nitrogens with one attached hydrogen (secondary N) is 2. The van der Waals surface area contributed by atoms with Crippen LogP contribution < -0.4 is 10.2 Å². The maximum Gasteiger partial charge on any atom is 0.313 e. The molecule has 0 heterocycles. The number of rotatable bonds is 6. The number of quaternary nitrogens is 1. The number of amidine groups is 1. The summed E-state index contributed by atoms with van der Waals surface area (Å²) in [5, 5.41) is 2.94. The van der Waals surface area contributed by atoms with Crippen LogP contribution in [-0.2, 0) is 9.53 Å². The molecule has 0 radical (unpaired) electrons. The van der Waals surface area contributed by atoms with Crippen molar-refractivity contribution < 1.29 is 14.4 Å². The standard InChI is InChI=1S/C11H23N3O2/c1-5-10(15)16-11(12-6-2)13-8-7-9-14(3)4/h5-9H2,1-4H3,(H,12,13)/p+1. The first-order valence-corrected chi connectivity index (χ1v) is 5.88. The van der Waals surface area contributed by atoms with Crippen molar-refractivity contribution in [2.75, 3.05) is 33.7 Å². The molecule has 0 aromatic heterocycles. The van der Waals surface area contributed by atoms with Gasteiger partial charge in [-0.05, 0) is 6.92 Å². The molecule has 16 heavy (non-hydrogen) atoms. The summed E-state index contributed by atoms with van der Waals surface area (Å²) in [5.74, 6) is -0.252. The van der Waals surface area contributed by atoms with Crippen LogP contribution in [0.3, 0.4) is 0 Å². The molecule has 0 aliphatic heterocycles. The average molecular weight is 230 g/mol. The minimum atomic E-state index is -0.252. The number of nitrogens with zero attached hydrogens (tertiary/aromatic N) is 1. The number of hydrogen-bond donors (Lipinski definition) is 2. The Balaban J connectivity index is 3.98. The molecule has 0 rings (SSSR count). The van der Waals surface area contributed by atoms with Gasteiger partial charge >= 0.3 is 5.97 Å². The van der Waals surface area contributed by atoms with Crippen LogP contribution in [0.25, 0.3) is 0 Å². The predicted octanol–water partition coefficient (Wildman–Crippen LogP) is -0.560. The first kappa shape index (κ1) is 14.9. The summed E-state index contributed by atoms with van der Waals surface area (Å²) < 4.78 is 5.04. The Morgan fingerprint density at radius 3 is 2.56 bits per heavy atom. The van der Waals surface area contributed by atoms with Gasteiger partial charge in [0.05, 0.1) is 20.6 Å². The molecule has 0 saturated carbocycles. The lowest BCUT2D eigenvalue weighted by Gasteiger charge is -2.08. The van der Waals surface area contributed by atoms with Crippen molar-refractivity contribution in [3.63, 3.8) is 0 Å². The monoisotopic (exact) mass is 230 g/mol. The molecule has 0 spiro atoms. The summed E-state index contributed by atoms with van der Waals surface area (Å²) in [5.41, 5.74) is 0. The quantitative estimate of drug-likeness (QED) is 0.278. The van der Waals surface area contributed by atoms with Crippen LogP contribution in [0.4, 0.5) is 0 Å². The average Bonchev–Trinajstić information content (AvgIpc) is 2.24. The molecule has 94 valence electrons. The SMILES string of the molecule is CCNC(=NCCC[NH+](C)C)OC(=O)CC. The van der Waals surface area contributed by atoms with Crippen molar-refractivity contribution in [2.24, 2.45) is 4.99 Å². The molecule has 0 bridgehead atoms. The fraction of sp³-hybridized carbons (Fsp3) is 0.818. The maximum atomic E-state index is 11.1. The van der Waals surface area contributed by atoms with E-state index in [1.807, 2.05) is 6.92 Å². The minimum Gasteiger partial charge on any atom is -0.393 e. The fourth-order valence-electron chi connectivity index (χ4n) is 1.07. The normalized spacial score (nSPS) is 11.7. The molecular formula is C11H24N3O2+. The Hall–Kier alpha value is -1.10. The van der Waals surface area contributed by atoms with Gasteiger partial charge in [0.1, 0.15) is 0 Å². The van der Waals surface area contributed by atoms with E-state index in [-0.39, 0.29) is 5.97 Å². The first-order chi connectivity index (χ1) is 7.60. The molecule has 0 aliphatic carbocycles. The molecule has 0 aromatic carbocycles. The number of esters is 1. The summed E-state index contributed by atoms with van der Waals surface area (Å²) in [4.78, 5) is 16.7. The van der Waals surface area contributed by atoms with E-state index in [1.54, 1.807) is 6.92 Å². The van der Waals surface area contributed by atoms with E-state index >= 15 is 0 Å². The van der Waals surface area contributed by atoms with Crippen molar-refractivity contribution in [1.29, 1.82) is 0 Å². The Bertz CT molecular complexity index is 227. The molecule has 0 amide bonds. The van der Waals surface area contributed by atoms with Crippen LogP contribution in [0, 0.1) is 0 Å². The van der Waals surface area contributed by atoms with E-state index in [0.29, 0.717) is 25.5 Å². The Morgan fingerprint density at radius 2 is 2.06 bits per heavy atom. The number of carbonyl (C=O) groups excluding carboxylic acids is 1. The fourth-order valence-corrected chi connectivity index (χ4v) is 1.07. The van der Waals surface area contributed by atoms with Crippen molar-refractivity contribution in [3.8, 4) is 0 Å². The van der Waals surface area contributed by atoms with Gasteiger partial charge in [-0.15, -0.1) is 0 Å². The molecule has 0 atom stereocenters. The zero-order valence-electron chi connectivity index (χ0n) is 10.8. The minimum absolute atomic E-state index is 0.252. The Morgan fingerprint density at radius 1 is 1.38 bits per heavy atom. The molecule has 0 saturated heterocycles. The van der Waals surface area contributed by atoms with E-state index in [0.717, 1.165) is 13.0 Å². The third-order valence-corrected chi connectivity index (χ3v) is 1.92. The number of ether oxygens (including phenoxy) is 1. The van der Waals surface area contributed by atoms with E-state index in [2.05, 4.69) is 24.4 Å². The summed E-state index contributed by atoms with van der Waals surface area (Å²) in [6, 6.07) is 0.350. The van der Waals surface area contributed by atoms with E-state index < -0.39 is 0 Å². The molecule has 0 aliphatic rings. The first-order valence-electron chi connectivity index (χ1n) is 5.88.